The molecule has 2 rings (SSSR count). The van der Waals surface area contributed by atoms with Crippen LogP contribution in [0.4, 0.5) is 14.9 Å². The van der Waals surface area contributed by atoms with E-state index >= 15 is 0 Å². The lowest BCUT2D eigenvalue weighted by molar-refractivity contribution is 0.248. The molecular formula is C13H14FN3O. The average Bonchev–Trinajstić information content (AvgIpc) is 2.84. The lowest BCUT2D eigenvalue weighted by Crippen LogP contribution is -2.36. The number of benzene rings is 1. The van der Waals surface area contributed by atoms with E-state index in [-0.39, 0.29) is 17.3 Å². The van der Waals surface area contributed by atoms with Crippen molar-refractivity contribution in [2.75, 3.05) is 5.32 Å². The van der Waals surface area contributed by atoms with E-state index in [1.54, 1.807) is 0 Å². The summed E-state index contributed by atoms with van der Waals surface area (Å²) in [6, 6.07) is 5.59. The number of anilines is 1. The van der Waals surface area contributed by atoms with Gasteiger partial charge in [0.15, 0.2) is 0 Å². The summed E-state index contributed by atoms with van der Waals surface area (Å²) >= 11 is 0. The molecule has 0 bridgehead atoms. The summed E-state index contributed by atoms with van der Waals surface area (Å²) in [7, 11) is 0. The summed E-state index contributed by atoms with van der Waals surface area (Å²) in [6.45, 7) is 0. The van der Waals surface area contributed by atoms with Gasteiger partial charge in [0.25, 0.3) is 0 Å². The van der Waals surface area contributed by atoms with Gasteiger partial charge in [-0.2, -0.15) is 5.26 Å². The monoisotopic (exact) mass is 247 g/mol. The van der Waals surface area contributed by atoms with Crippen LogP contribution in [-0.2, 0) is 0 Å². The van der Waals surface area contributed by atoms with Gasteiger partial charge in [-0.1, -0.05) is 12.8 Å². The Labute approximate surface area is 105 Å². The molecule has 0 aliphatic heterocycles. The number of carbonyl (C=O) groups is 1. The van der Waals surface area contributed by atoms with Crippen LogP contribution in [0.2, 0.25) is 0 Å². The molecule has 0 heterocycles. The van der Waals surface area contributed by atoms with Crippen LogP contribution in [0.25, 0.3) is 0 Å². The third-order valence-corrected chi connectivity index (χ3v) is 3.04. The van der Waals surface area contributed by atoms with Crippen LogP contribution < -0.4 is 10.6 Å². The zero-order chi connectivity index (χ0) is 13.0. The zero-order valence-electron chi connectivity index (χ0n) is 9.87. The minimum absolute atomic E-state index is 0.0875. The number of nitrogens with one attached hydrogen (secondary N) is 2. The highest BCUT2D eigenvalue weighted by Crippen LogP contribution is 2.18. The van der Waals surface area contributed by atoms with Gasteiger partial charge in [0, 0.05) is 6.04 Å². The van der Waals surface area contributed by atoms with Crippen molar-refractivity contribution in [1.29, 1.82) is 5.26 Å². The smallest absolute Gasteiger partial charge is 0.319 e. The van der Waals surface area contributed by atoms with Gasteiger partial charge in [-0.05, 0) is 31.0 Å². The number of urea groups is 1. The van der Waals surface area contributed by atoms with Crippen molar-refractivity contribution in [2.24, 2.45) is 0 Å². The summed E-state index contributed by atoms with van der Waals surface area (Å²) in [5.41, 5.74) is 0.318. The summed E-state index contributed by atoms with van der Waals surface area (Å²) in [4.78, 5) is 11.6. The summed E-state index contributed by atoms with van der Waals surface area (Å²) in [5, 5.41) is 13.9. The predicted octanol–water partition coefficient (Wildman–Crippen LogP) is 2.76. The standard InChI is InChI=1S/C13H14FN3O/c14-11-7-9(8-15)5-6-12(11)17-13(18)16-10-3-1-2-4-10/h5-7,10H,1-4H2,(H2,16,17,18). The molecule has 94 valence electrons. The van der Waals surface area contributed by atoms with Gasteiger partial charge >= 0.3 is 6.03 Å². The molecule has 2 N–H and O–H groups in total. The molecule has 0 unspecified atom stereocenters. The maximum atomic E-state index is 13.5. The van der Waals surface area contributed by atoms with E-state index < -0.39 is 11.8 Å². The molecule has 5 heteroatoms. The van der Waals surface area contributed by atoms with Crippen molar-refractivity contribution < 1.29 is 9.18 Å². The number of nitrogens with zero attached hydrogens (tertiary/aromatic N) is 1. The van der Waals surface area contributed by atoms with E-state index in [1.165, 1.54) is 12.1 Å². The second kappa shape index (κ2) is 5.50. The molecule has 0 atom stereocenters. The molecule has 2 amide bonds. The number of carbonyl (C=O) groups excluding carboxylic acids is 1. The first-order chi connectivity index (χ1) is 8.69. The Bertz CT molecular complexity index is 489. The fourth-order valence-corrected chi connectivity index (χ4v) is 2.10. The van der Waals surface area contributed by atoms with Crippen LogP contribution >= 0.6 is 0 Å². The Hall–Kier alpha value is -2.09. The predicted molar refractivity (Wildman–Crippen MR) is 65.5 cm³/mol. The van der Waals surface area contributed by atoms with E-state index in [2.05, 4.69) is 10.6 Å². The van der Waals surface area contributed by atoms with Crippen molar-refractivity contribution in [3.8, 4) is 6.07 Å². The van der Waals surface area contributed by atoms with E-state index in [4.69, 9.17) is 5.26 Å². The van der Waals surface area contributed by atoms with Crippen molar-refractivity contribution in [1.82, 2.24) is 5.32 Å². The van der Waals surface area contributed by atoms with Gasteiger partial charge in [-0.15, -0.1) is 0 Å². The van der Waals surface area contributed by atoms with E-state index in [1.807, 2.05) is 6.07 Å². The van der Waals surface area contributed by atoms with Crippen LogP contribution in [0.15, 0.2) is 18.2 Å². The SMILES string of the molecule is N#Cc1ccc(NC(=O)NC2CCCC2)c(F)c1. The minimum atomic E-state index is -0.601. The Morgan fingerprint density at radius 1 is 1.39 bits per heavy atom. The highest BCUT2D eigenvalue weighted by Gasteiger charge is 2.17. The van der Waals surface area contributed by atoms with Crippen molar-refractivity contribution in [2.45, 2.75) is 31.7 Å². The second-order valence-electron chi connectivity index (χ2n) is 4.39. The first-order valence-corrected chi connectivity index (χ1v) is 5.96. The maximum absolute atomic E-state index is 13.5. The molecular weight excluding hydrogens is 233 g/mol. The molecule has 1 fully saturated rings. The molecule has 0 radical (unpaired) electrons. The number of nitriles is 1. The topological polar surface area (TPSA) is 64.9 Å². The number of rotatable bonds is 2. The Kier molecular flexibility index (Phi) is 3.78. The van der Waals surface area contributed by atoms with Crippen LogP contribution in [0.5, 0.6) is 0 Å². The van der Waals surface area contributed by atoms with Crippen LogP contribution in [0.1, 0.15) is 31.2 Å². The fraction of sp³-hybridized carbons (Fsp3) is 0.385. The maximum Gasteiger partial charge on any atom is 0.319 e. The first kappa shape index (κ1) is 12.4. The van der Waals surface area contributed by atoms with Crippen molar-refractivity contribution >= 4 is 11.7 Å². The van der Waals surface area contributed by atoms with Gasteiger partial charge < -0.3 is 10.6 Å². The zero-order valence-corrected chi connectivity index (χ0v) is 9.87. The number of halogens is 1. The van der Waals surface area contributed by atoms with Crippen LogP contribution in [0, 0.1) is 17.1 Å². The van der Waals surface area contributed by atoms with Crippen molar-refractivity contribution in [3.05, 3.63) is 29.6 Å². The summed E-state index contributed by atoms with van der Waals surface area (Å²) < 4.78 is 13.5. The highest BCUT2D eigenvalue weighted by atomic mass is 19.1. The molecule has 1 saturated carbocycles. The van der Waals surface area contributed by atoms with Gasteiger partial charge in [-0.25, -0.2) is 9.18 Å². The van der Waals surface area contributed by atoms with Crippen LogP contribution in [-0.4, -0.2) is 12.1 Å². The molecule has 0 aromatic heterocycles. The second-order valence-corrected chi connectivity index (χ2v) is 4.39. The Morgan fingerprint density at radius 2 is 2.11 bits per heavy atom. The molecule has 1 aromatic rings. The van der Waals surface area contributed by atoms with Crippen LogP contribution in [0.3, 0.4) is 0 Å². The number of hydrogen-bond acceptors (Lipinski definition) is 2. The third kappa shape index (κ3) is 2.98. The summed E-state index contributed by atoms with van der Waals surface area (Å²) in [6.07, 6.45) is 4.19. The Balaban J connectivity index is 1.96. The summed E-state index contributed by atoms with van der Waals surface area (Å²) in [5.74, 6) is -0.601. The van der Waals surface area contributed by atoms with Gasteiger partial charge in [0.05, 0.1) is 17.3 Å². The lowest BCUT2D eigenvalue weighted by Gasteiger charge is -2.13. The molecule has 4 nitrogen and oxygen atoms in total. The molecule has 0 spiro atoms. The van der Waals surface area contributed by atoms with Crippen molar-refractivity contribution in [3.63, 3.8) is 0 Å². The Morgan fingerprint density at radius 3 is 2.72 bits per heavy atom. The minimum Gasteiger partial charge on any atom is -0.335 e. The molecule has 18 heavy (non-hydrogen) atoms. The lowest BCUT2D eigenvalue weighted by atomic mass is 10.2. The van der Waals surface area contributed by atoms with Gasteiger partial charge in [0.1, 0.15) is 5.82 Å². The van der Waals surface area contributed by atoms with E-state index in [9.17, 15) is 9.18 Å². The van der Waals surface area contributed by atoms with Gasteiger partial charge in [-0.3, -0.25) is 0 Å². The normalized spacial score (nSPS) is 15.1. The molecule has 0 saturated heterocycles. The molecule has 1 aliphatic carbocycles. The van der Waals surface area contributed by atoms with Gasteiger partial charge in [0.2, 0.25) is 0 Å². The van der Waals surface area contributed by atoms with E-state index in [0.717, 1.165) is 31.7 Å². The highest BCUT2D eigenvalue weighted by molar-refractivity contribution is 5.89. The number of amides is 2. The molecule has 1 aromatic carbocycles. The third-order valence-electron chi connectivity index (χ3n) is 3.04. The fourth-order valence-electron chi connectivity index (χ4n) is 2.10. The average molecular weight is 247 g/mol. The number of hydrogen-bond donors (Lipinski definition) is 2. The first-order valence-electron chi connectivity index (χ1n) is 5.96. The quantitative estimate of drug-likeness (QED) is 0.843. The largest absolute Gasteiger partial charge is 0.335 e. The molecule has 1 aliphatic rings. The van der Waals surface area contributed by atoms with E-state index in [0.29, 0.717) is 0 Å².